The highest BCUT2D eigenvalue weighted by Crippen LogP contribution is 2.38. The summed E-state index contributed by atoms with van der Waals surface area (Å²) in [6.45, 7) is 49.1. The molecule has 0 aromatic heterocycles. The van der Waals surface area contributed by atoms with E-state index in [1.165, 1.54) is 25.7 Å². The lowest BCUT2D eigenvalue weighted by Gasteiger charge is -2.42. The van der Waals surface area contributed by atoms with E-state index in [0.29, 0.717) is 148 Å². The Hall–Kier alpha value is -6.33. The van der Waals surface area contributed by atoms with Crippen LogP contribution in [0.2, 0.25) is 0 Å². The van der Waals surface area contributed by atoms with E-state index in [2.05, 4.69) is 205 Å². The van der Waals surface area contributed by atoms with E-state index in [4.69, 9.17) is 28.4 Å². The highest BCUT2D eigenvalue weighted by atomic mass is 16.6. The average molecular weight is 1900 g/mol. The molecule has 0 aliphatic carbocycles. The fourth-order valence-electron chi connectivity index (χ4n) is 23.8. The lowest BCUT2D eigenvalue weighted by Crippen LogP contribution is -2.51. The van der Waals surface area contributed by atoms with Crippen molar-refractivity contribution in [2.75, 3.05) is 221 Å². The molecule has 0 spiro atoms. The number of carbonyl (C=O) groups excluding carboxylic acids is 9. The summed E-state index contributed by atoms with van der Waals surface area (Å²) in [5, 5.41) is 0. The van der Waals surface area contributed by atoms with Gasteiger partial charge in [-0.1, -0.05) is 55.4 Å². The number of amides is 9. The monoisotopic (exact) mass is 1900 g/mol. The maximum atomic E-state index is 11.9. The van der Waals surface area contributed by atoms with E-state index in [1.54, 1.807) is 0 Å². The Balaban J connectivity index is 0.000000157. The topological polar surface area (TPSA) is 267 Å². The van der Waals surface area contributed by atoms with Gasteiger partial charge in [0.25, 0.3) is 0 Å². The molecule has 0 radical (unpaired) electrons. The molecule has 18 saturated heterocycles. The van der Waals surface area contributed by atoms with Gasteiger partial charge >= 0.3 is 36.6 Å². The first-order valence-electron chi connectivity index (χ1n) is 53.3. The summed E-state index contributed by atoms with van der Waals surface area (Å²) >= 11 is 0. The minimum Gasteiger partial charge on any atom is -0.447 e. The molecule has 0 unspecified atom stereocenters. The van der Waals surface area contributed by atoms with Crippen LogP contribution in [0.3, 0.4) is 0 Å². The Labute approximate surface area is 813 Å². The van der Waals surface area contributed by atoms with Gasteiger partial charge in [-0.05, 0) is 381 Å². The van der Waals surface area contributed by atoms with E-state index in [9.17, 15) is 43.2 Å². The predicted octanol–water partition coefficient (Wildman–Crippen LogP) is 12.0. The Morgan fingerprint density at radius 2 is 0.459 bits per heavy atom. The number of nitrogens with zero attached hydrogens (tertiary/aromatic N) is 18. The molecule has 33 nitrogen and oxygen atoms in total. The lowest BCUT2D eigenvalue weighted by atomic mass is 9.96. The molecule has 774 valence electrons. The molecular formula is C102H186N18O15. The molecule has 9 amide bonds. The predicted molar refractivity (Wildman–Crippen MR) is 529 cm³/mol. The molecule has 0 aromatic carbocycles. The van der Waals surface area contributed by atoms with E-state index < -0.39 is 0 Å². The number of carbonyl (C=O) groups is 9. The van der Waals surface area contributed by atoms with Crippen LogP contribution in [0.15, 0.2) is 0 Å². The number of likely N-dealkylation sites (tertiary alicyclic amines) is 12. The van der Waals surface area contributed by atoms with Crippen molar-refractivity contribution in [3.63, 3.8) is 0 Å². The van der Waals surface area contributed by atoms with E-state index >= 15 is 0 Å². The Morgan fingerprint density at radius 1 is 0.252 bits per heavy atom. The maximum absolute atomic E-state index is 11.9. The van der Waals surface area contributed by atoms with Crippen molar-refractivity contribution in [1.29, 1.82) is 0 Å². The van der Waals surface area contributed by atoms with E-state index in [1.807, 2.05) is 29.4 Å². The van der Waals surface area contributed by atoms with Crippen LogP contribution >= 0.6 is 0 Å². The van der Waals surface area contributed by atoms with Gasteiger partial charge in [0.05, 0.1) is 36.3 Å². The minimum atomic E-state index is -0.118. The molecule has 0 N–H and O–H groups in total. The number of cyclic esters (lactones) is 6. The van der Waals surface area contributed by atoms with Gasteiger partial charge in [-0.25, -0.2) is 28.8 Å². The van der Waals surface area contributed by atoms with Gasteiger partial charge in [0, 0.05) is 91.3 Å². The van der Waals surface area contributed by atoms with Gasteiger partial charge in [-0.2, -0.15) is 0 Å². The molecule has 0 bridgehead atoms. The Kier molecular flexibility index (Phi) is 43.9. The van der Waals surface area contributed by atoms with Crippen LogP contribution in [0.1, 0.15) is 263 Å². The summed E-state index contributed by atoms with van der Waals surface area (Å²) in [7, 11) is 19.3. The lowest BCUT2D eigenvalue weighted by molar-refractivity contribution is -0.134. The van der Waals surface area contributed by atoms with Crippen LogP contribution < -0.4 is 0 Å². The van der Waals surface area contributed by atoms with Crippen molar-refractivity contribution >= 4 is 54.3 Å². The number of rotatable bonds is 15. The van der Waals surface area contributed by atoms with Crippen molar-refractivity contribution < 1.29 is 71.6 Å². The molecule has 0 saturated carbocycles. The minimum absolute atomic E-state index is 0.0949. The maximum Gasteiger partial charge on any atom is 0.410 e. The largest absolute Gasteiger partial charge is 0.447 e. The molecule has 18 aliphatic heterocycles. The van der Waals surface area contributed by atoms with Gasteiger partial charge in [0.2, 0.25) is 17.7 Å². The summed E-state index contributed by atoms with van der Waals surface area (Å²) in [5.74, 6) is 2.12. The molecule has 0 aromatic rings. The van der Waals surface area contributed by atoms with Crippen LogP contribution in [-0.4, -0.2) is 472 Å². The molecular weight excluding hydrogens is 1720 g/mol. The normalized spacial score (nSPS) is 29.7. The second-order valence-electron chi connectivity index (χ2n) is 44.0. The van der Waals surface area contributed by atoms with E-state index in [0.717, 1.165) is 272 Å². The zero-order valence-corrected chi connectivity index (χ0v) is 87.9. The molecule has 8 atom stereocenters. The molecule has 18 rings (SSSR count). The summed E-state index contributed by atoms with van der Waals surface area (Å²) in [4.78, 5) is 145. The number of ether oxygens (including phenoxy) is 6. The number of piperidine rings is 9. The molecule has 135 heavy (non-hydrogen) atoms. The number of hydrogen-bond donors (Lipinski definition) is 0. The Bertz CT molecular complexity index is 3310. The van der Waals surface area contributed by atoms with Gasteiger partial charge in [-0.3, -0.25) is 43.8 Å². The van der Waals surface area contributed by atoms with E-state index in [-0.39, 0.29) is 66.3 Å². The zero-order valence-electron chi connectivity index (χ0n) is 87.9. The summed E-state index contributed by atoms with van der Waals surface area (Å²) < 4.78 is 30.7. The third-order valence-corrected chi connectivity index (χ3v) is 32.9. The zero-order chi connectivity index (χ0) is 98.1. The highest BCUT2D eigenvalue weighted by Gasteiger charge is 2.48. The van der Waals surface area contributed by atoms with Crippen molar-refractivity contribution in [3.05, 3.63) is 0 Å². The summed E-state index contributed by atoms with van der Waals surface area (Å²) in [6, 6.07) is 6.70. The SMILES string of the molecule is CC(C)[C@@H]1COC(=O)N1C1CCN(C)CC1.CC(C)[C@H]1COC(=O)N1C1CCN(C)CC1.CC[C@@H]1CCC(=O)N1C1CCN(C)CC1.CC[C@@H]1COC(=O)N1C1CCN(C)CC1.CC[C@H]1CCC(=O)N1C1CCN(C)CC1.CC[C@H]1COC(=O)N1C1CCN(C)CC1.CN1CCC(N2C(=O)CCC2(C)C)CC1.C[C@@H]1COC(=O)N1C1CCN(C)CC1.C[C@H]1COC(=O)N1C1CCN(C)CC1. The first kappa shape index (κ1) is 111. The van der Waals surface area contributed by atoms with Crippen molar-refractivity contribution in [1.82, 2.24) is 88.2 Å². The van der Waals surface area contributed by atoms with Gasteiger partial charge in [-0.15, -0.1) is 0 Å². The van der Waals surface area contributed by atoms with Crippen molar-refractivity contribution in [3.8, 4) is 0 Å². The van der Waals surface area contributed by atoms with Crippen molar-refractivity contribution in [2.45, 2.75) is 371 Å². The second kappa shape index (κ2) is 53.5. The second-order valence-corrected chi connectivity index (χ2v) is 44.0. The van der Waals surface area contributed by atoms with Crippen LogP contribution in [0.4, 0.5) is 28.8 Å². The quantitative estimate of drug-likeness (QED) is 0.138. The van der Waals surface area contributed by atoms with Crippen molar-refractivity contribution in [2.24, 2.45) is 11.8 Å². The Morgan fingerprint density at radius 3 is 0.681 bits per heavy atom. The van der Waals surface area contributed by atoms with Gasteiger partial charge in [0.1, 0.15) is 39.6 Å². The number of hydrogen-bond acceptors (Lipinski definition) is 24. The molecule has 18 fully saturated rings. The fourth-order valence-corrected chi connectivity index (χ4v) is 23.8. The summed E-state index contributed by atoms with van der Waals surface area (Å²) in [5.41, 5.74) is 0.0949. The van der Waals surface area contributed by atoms with Crippen LogP contribution in [0, 0.1) is 11.8 Å². The van der Waals surface area contributed by atoms with Gasteiger partial charge in [0.15, 0.2) is 0 Å². The standard InChI is InChI=1S/2C12H22N2O2.3C12H22N2O.2C11H20N2O2.2C10H18N2O2/c2*1-9(2)11-8-16-12(15)14(11)10-4-6-13(3)7-5-10;1-12(2)7-4-11(15)14(12)10-5-8-13(3)9-6-10;2*1-3-10-4-5-12(15)14(10)11-6-8-13(2)9-7-11;2*1-3-9-8-15-11(14)13(9)10-4-6-12(2)7-5-10;2*1-8-7-14-10(13)12(8)9-3-5-11(2)6-4-9/h2*9-11H,4-8H2,1-3H3;10H,4-9H2,1-3H3;2*10-11H,3-9H2,1-2H3;2*9-10H,3-8H2,1-2H3;2*8-9H,3-7H2,1-2H3/t2*11-;;2*10-;2*9-;2*8-/m10.101010/s1. The third kappa shape index (κ3) is 30.8. The smallest absolute Gasteiger partial charge is 0.410 e. The van der Waals surface area contributed by atoms with Crippen LogP contribution in [0.25, 0.3) is 0 Å². The molecule has 33 heteroatoms. The molecule has 18 heterocycles. The highest BCUT2D eigenvalue weighted by molar-refractivity contribution is 5.81. The van der Waals surface area contributed by atoms with Gasteiger partial charge < -0.3 is 87.2 Å². The fraction of sp³-hybridized carbons (Fsp3) is 0.912. The average Bonchev–Trinajstić information content (AvgIpc) is 1.65. The summed E-state index contributed by atoms with van der Waals surface area (Å²) in [6.07, 6.45) is 29.0. The van der Waals surface area contributed by atoms with Crippen LogP contribution in [-0.2, 0) is 42.8 Å². The first-order chi connectivity index (χ1) is 64.4. The third-order valence-electron chi connectivity index (χ3n) is 32.9. The van der Waals surface area contributed by atoms with Crippen LogP contribution in [0.5, 0.6) is 0 Å². The first-order valence-corrected chi connectivity index (χ1v) is 53.3. The molecule has 18 aliphatic rings.